The van der Waals surface area contributed by atoms with Crippen LogP contribution < -0.4 is 5.73 Å². The maximum Gasteiger partial charge on any atom is 0.271 e. The van der Waals surface area contributed by atoms with Gasteiger partial charge in [-0.3, -0.25) is 10.1 Å². The van der Waals surface area contributed by atoms with Crippen molar-refractivity contribution in [3.05, 3.63) is 46.5 Å². The van der Waals surface area contributed by atoms with Crippen molar-refractivity contribution in [1.29, 1.82) is 0 Å². The number of carbonyl (C=O) groups excluding carboxylic acids is 1. The molecule has 0 heterocycles. The maximum atomic E-state index is 10.3. The van der Waals surface area contributed by atoms with Gasteiger partial charge in [-0.15, -0.1) is 6.58 Å². The highest BCUT2D eigenvalue weighted by molar-refractivity contribution is 5.75. The molecule has 0 atom stereocenters. The first-order chi connectivity index (χ1) is 8.32. The Morgan fingerprint density at radius 2 is 2.00 bits per heavy atom. The van der Waals surface area contributed by atoms with E-state index in [9.17, 15) is 14.9 Å². The number of nitro benzene ring substituents is 1. The second-order valence-electron chi connectivity index (χ2n) is 4.01. The lowest BCUT2D eigenvalue weighted by atomic mass is 10.1. The third-order valence-electron chi connectivity index (χ3n) is 1.98. The number of hydrogen-bond donors (Lipinski definition) is 1. The molecule has 1 rings (SSSR count). The molecule has 0 aliphatic carbocycles. The summed E-state index contributed by atoms with van der Waals surface area (Å²) in [7, 11) is 0. The summed E-state index contributed by atoms with van der Waals surface area (Å²) in [4.78, 5) is 19.9. The van der Waals surface area contributed by atoms with E-state index in [4.69, 9.17) is 5.73 Å². The zero-order valence-electron chi connectivity index (χ0n) is 10.7. The van der Waals surface area contributed by atoms with E-state index >= 15 is 0 Å². The Hall–Kier alpha value is -2.17. The Morgan fingerprint density at radius 1 is 1.39 bits per heavy atom. The summed E-state index contributed by atoms with van der Waals surface area (Å²) < 4.78 is 0. The van der Waals surface area contributed by atoms with Crippen molar-refractivity contribution < 1.29 is 9.72 Å². The minimum absolute atomic E-state index is 0.0278. The fourth-order valence-electron chi connectivity index (χ4n) is 1.03. The van der Waals surface area contributed by atoms with E-state index in [1.54, 1.807) is 19.1 Å². The Morgan fingerprint density at radius 3 is 2.28 bits per heavy atom. The van der Waals surface area contributed by atoms with Crippen LogP contribution in [0.4, 0.5) is 11.4 Å². The fourth-order valence-corrected chi connectivity index (χ4v) is 1.03. The standard InChI is InChI=1S/C7H12O.C6H6N2O2/c1-6(2)4-5-7(3)8;7-5-2-1-3-6(4-5)8(9)10/h1,4-5H2,2-3H3;1-4H,7H2. The molecule has 0 fully saturated rings. The van der Waals surface area contributed by atoms with E-state index < -0.39 is 4.92 Å². The summed E-state index contributed by atoms with van der Waals surface area (Å²) in [6, 6.07) is 5.87. The first-order valence-corrected chi connectivity index (χ1v) is 5.46. The number of hydrogen-bond acceptors (Lipinski definition) is 4. The highest BCUT2D eigenvalue weighted by Gasteiger charge is 2.02. The number of nitro groups is 1. The zero-order valence-corrected chi connectivity index (χ0v) is 10.7. The summed E-state index contributed by atoms with van der Waals surface area (Å²) >= 11 is 0. The van der Waals surface area contributed by atoms with E-state index in [-0.39, 0.29) is 11.5 Å². The smallest absolute Gasteiger partial charge is 0.271 e. The molecule has 5 nitrogen and oxygen atoms in total. The van der Waals surface area contributed by atoms with Gasteiger partial charge in [-0.2, -0.15) is 0 Å². The largest absolute Gasteiger partial charge is 0.399 e. The second-order valence-corrected chi connectivity index (χ2v) is 4.01. The van der Waals surface area contributed by atoms with Crippen LogP contribution in [0, 0.1) is 10.1 Å². The number of carbonyl (C=O) groups is 1. The molecule has 1 aromatic carbocycles. The Bertz CT molecular complexity index is 428. The molecule has 5 heteroatoms. The minimum Gasteiger partial charge on any atom is -0.399 e. The zero-order chi connectivity index (χ0) is 14.1. The van der Waals surface area contributed by atoms with Gasteiger partial charge < -0.3 is 10.5 Å². The van der Waals surface area contributed by atoms with Crippen molar-refractivity contribution >= 4 is 17.2 Å². The third kappa shape index (κ3) is 8.04. The van der Waals surface area contributed by atoms with Crippen LogP contribution in [0.5, 0.6) is 0 Å². The molecule has 98 valence electrons. The van der Waals surface area contributed by atoms with Crippen LogP contribution in [-0.2, 0) is 4.79 Å². The summed E-state index contributed by atoms with van der Waals surface area (Å²) in [5.74, 6) is 0.244. The minimum atomic E-state index is -0.476. The first kappa shape index (κ1) is 15.8. The molecule has 0 amide bonds. The van der Waals surface area contributed by atoms with Gasteiger partial charge in [-0.05, 0) is 26.3 Å². The molecule has 0 radical (unpaired) electrons. The monoisotopic (exact) mass is 250 g/mol. The summed E-state index contributed by atoms with van der Waals surface area (Å²) in [5.41, 5.74) is 6.81. The maximum absolute atomic E-state index is 10.3. The third-order valence-corrected chi connectivity index (χ3v) is 1.98. The molecule has 18 heavy (non-hydrogen) atoms. The van der Waals surface area contributed by atoms with Crippen molar-refractivity contribution in [1.82, 2.24) is 0 Å². The molecule has 0 saturated carbocycles. The number of rotatable bonds is 4. The van der Waals surface area contributed by atoms with Gasteiger partial charge in [-0.25, -0.2) is 0 Å². The first-order valence-electron chi connectivity index (χ1n) is 5.46. The Balaban J connectivity index is 0.000000331. The van der Waals surface area contributed by atoms with Crippen molar-refractivity contribution in [2.24, 2.45) is 0 Å². The molecular weight excluding hydrogens is 232 g/mol. The van der Waals surface area contributed by atoms with Gasteiger partial charge in [0.2, 0.25) is 0 Å². The lowest BCUT2D eigenvalue weighted by Crippen LogP contribution is -1.89. The van der Waals surface area contributed by atoms with Crippen LogP contribution in [0.25, 0.3) is 0 Å². The van der Waals surface area contributed by atoms with Crippen molar-refractivity contribution in [3.8, 4) is 0 Å². The van der Waals surface area contributed by atoms with Crippen LogP contribution in [0.1, 0.15) is 26.7 Å². The van der Waals surface area contributed by atoms with Gasteiger partial charge in [0.15, 0.2) is 0 Å². The predicted octanol–water partition coefficient (Wildman–Crippen LogP) is 3.11. The average molecular weight is 250 g/mol. The number of Topliss-reactive ketones (excluding diaryl/α,β-unsaturated/α-hetero) is 1. The van der Waals surface area contributed by atoms with Gasteiger partial charge >= 0.3 is 0 Å². The van der Waals surface area contributed by atoms with E-state index in [0.717, 1.165) is 12.0 Å². The van der Waals surface area contributed by atoms with Crippen molar-refractivity contribution in [2.45, 2.75) is 26.7 Å². The van der Waals surface area contributed by atoms with Crippen molar-refractivity contribution in [2.75, 3.05) is 5.73 Å². The number of ketones is 1. The van der Waals surface area contributed by atoms with Gasteiger partial charge in [0.25, 0.3) is 5.69 Å². The normalized spacial score (nSPS) is 9.00. The average Bonchev–Trinajstić information content (AvgIpc) is 2.27. The Kier molecular flexibility index (Phi) is 7.04. The quantitative estimate of drug-likeness (QED) is 0.385. The number of non-ortho nitro benzene ring substituents is 1. The summed E-state index contributed by atoms with van der Waals surface area (Å²) in [6.45, 7) is 7.21. The molecule has 0 bridgehead atoms. The number of nitrogen functional groups attached to an aromatic ring is 1. The van der Waals surface area contributed by atoms with Crippen LogP contribution in [0.15, 0.2) is 36.4 Å². The lowest BCUT2D eigenvalue weighted by Gasteiger charge is -1.91. The van der Waals surface area contributed by atoms with Gasteiger partial charge in [-0.1, -0.05) is 11.6 Å². The lowest BCUT2D eigenvalue weighted by molar-refractivity contribution is -0.384. The topological polar surface area (TPSA) is 86.2 Å². The molecule has 0 aliphatic rings. The number of nitrogens with zero attached hydrogens (tertiary/aromatic N) is 1. The molecule has 1 aromatic rings. The molecule has 0 aromatic heterocycles. The number of benzene rings is 1. The summed E-state index contributed by atoms with van der Waals surface area (Å²) in [5, 5.41) is 10.1. The number of anilines is 1. The Labute approximate surface area is 106 Å². The van der Waals surface area contributed by atoms with Gasteiger partial charge in [0.1, 0.15) is 5.78 Å². The van der Waals surface area contributed by atoms with Crippen LogP contribution in [-0.4, -0.2) is 10.7 Å². The number of nitrogens with two attached hydrogens (primary N) is 1. The molecule has 2 N–H and O–H groups in total. The highest BCUT2D eigenvalue weighted by atomic mass is 16.6. The SMILES string of the molecule is C=C(C)CCC(C)=O.Nc1cccc([N+](=O)[O-])c1. The molecule has 0 saturated heterocycles. The van der Waals surface area contributed by atoms with Gasteiger partial charge in [0, 0.05) is 24.2 Å². The van der Waals surface area contributed by atoms with E-state index in [1.807, 2.05) is 6.92 Å². The predicted molar refractivity (Wildman–Crippen MR) is 72.2 cm³/mol. The van der Waals surface area contributed by atoms with Gasteiger partial charge in [0.05, 0.1) is 4.92 Å². The summed E-state index contributed by atoms with van der Waals surface area (Å²) in [6.07, 6.45) is 1.49. The van der Waals surface area contributed by atoms with E-state index in [2.05, 4.69) is 6.58 Å². The molecule has 0 aliphatic heterocycles. The van der Waals surface area contributed by atoms with Crippen LogP contribution >= 0.6 is 0 Å². The molecule has 0 unspecified atom stereocenters. The highest BCUT2D eigenvalue weighted by Crippen LogP contribution is 2.13. The van der Waals surface area contributed by atoms with Crippen LogP contribution in [0.2, 0.25) is 0 Å². The van der Waals surface area contributed by atoms with E-state index in [1.165, 1.54) is 12.1 Å². The van der Waals surface area contributed by atoms with E-state index in [0.29, 0.717) is 12.1 Å². The molecular formula is C13H18N2O3. The van der Waals surface area contributed by atoms with Crippen molar-refractivity contribution in [3.63, 3.8) is 0 Å². The molecule has 0 spiro atoms. The second kappa shape index (κ2) is 8.00. The number of allylic oxidation sites excluding steroid dienone is 1. The van der Waals surface area contributed by atoms with Crippen LogP contribution in [0.3, 0.4) is 0 Å². The fraction of sp³-hybridized carbons (Fsp3) is 0.308.